The first kappa shape index (κ1) is 15.4. The van der Waals surface area contributed by atoms with Crippen LogP contribution in [0.25, 0.3) is 0 Å². The Morgan fingerprint density at radius 3 is 2.81 bits per heavy atom. The van der Waals surface area contributed by atoms with Crippen LogP contribution in [0.1, 0.15) is 24.4 Å². The number of aliphatic hydroxyl groups excluding tert-OH is 1. The quantitative estimate of drug-likeness (QED) is 0.923. The molecule has 0 amide bonds. The summed E-state index contributed by atoms with van der Waals surface area (Å²) in [4.78, 5) is 3.86. The fourth-order valence-corrected chi connectivity index (χ4v) is 1.83. The highest BCUT2D eigenvalue weighted by Gasteiger charge is 2.28. The highest BCUT2D eigenvalue weighted by molar-refractivity contribution is 5.29. The van der Waals surface area contributed by atoms with Crippen LogP contribution in [-0.2, 0) is 13.2 Å². The van der Waals surface area contributed by atoms with E-state index in [0.29, 0.717) is 11.3 Å². The highest BCUT2D eigenvalue weighted by Crippen LogP contribution is 2.21. The number of hydrogen-bond acceptors (Lipinski definition) is 3. The van der Waals surface area contributed by atoms with E-state index in [1.54, 1.807) is 31.2 Å². The Morgan fingerprint density at radius 1 is 1.38 bits per heavy atom. The van der Waals surface area contributed by atoms with E-state index in [1.165, 1.54) is 12.4 Å². The lowest BCUT2D eigenvalue weighted by atomic mass is 10.1. The van der Waals surface area contributed by atoms with Crippen molar-refractivity contribution in [1.29, 1.82) is 0 Å². The van der Waals surface area contributed by atoms with Crippen LogP contribution < -0.4 is 4.74 Å². The summed E-state index contributed by atoms with van der Waals surface area (Å²) in [5.41, 5.74) is 0.672. The molecule has 0 radical (unpaired) electrons. The van der Waals surface area contributed by atoms with Crippen molar-refractivity contribution in [1.82, 2.24) is 9.55 Å². The number of ether oxygens (including phenoxy) is 1. The number of alkyl halides is 3. The number of aliphatic hydroxyl groups is 1. The summed E-state index contributed by atoms with van der Waals surface area (Å²) >= 11 is 0. The van der Waals surface area contributed by atoms with Gasteiger partial charge in [0.25, 0.3) is 0 Å². The van der Waals surface area contributed by atoms with E-state index >= 15 is 0 Å². The minimum atomic E-state index is -4.30. The van der Waals surface area contributed by atoms with Crippen molar-refractivity contribution in [2.45, 2.75) is 32.4 Å². The van der Waals surface area contributed by atoms with Crippen LogP contribution in [0.2, 0.25) is 0 Å². The molecular formula is C14H15F3N2O2. The van der Waals surface area contributed by atoms with E-state index in [9.17, 15) is 18.3 Å². The van der Waals surface area contributed by atoms with Gasteiger partial charge >= 0.3 is 6.18 Å². The van der Waals surface area contributed by atoms with E-state index in [2.05, 4.69) is 4.98 Å². The van der Waals surface area contributed by atoms with E-state index in [1.807, 2.05) is 0 Å². The van der Waals surface area contributed by atoms with Crippen molar-refractivity contribution in [2.75, 3.05) is 0 Å². The Morgan fingerprint density at radius 2 is 2.14 bits per heavy atom. The summed E-state index contributed by atoms with van der Waals surface area (Å²) in [5, 5.41) is 9.48. The third-order valence-electron chi connectivity index (χ3n) is 2.86. The highest BCUT2D eigenvalue weighted by atomic mass is 19.4. The number of benzene rings is 1. The van der Waals surface area contributed by atoms with Crippen molar-refractivity contribution in [3.63, 3.8) is 0 Å². The van der Waals surface area contributed by atoms with Crippen molar-refractivity contribution < 1.29 is 23.0 Å². The van der Waals surface area contributed by atoms with Gasteiger partial charge in [0.05, 0.1) is 6.10 Å². The molecule has 1 unspecified atom stereocenters. The summed E-state index contributed by atoms with van der Waals surface area (Å²) in [5.74, 6) is 0.657. The van der Waals surface area contributed by atoms with Crippen molar-refractivity contribution in [3.8, 4) is 5.75 Å². The van der Waals surface area contributed by atoms with Gasteiger partial charge in [0.1, 0.15) is 24.7 Å². The maximum Gasteiger partial charge on any atom is 0.406 e. The molecule has 2 rings (SSSR count). The Bertz CT molecular complexity index is 594. The molecule has 0 aliphatic heterocycles. The average Bonchev–Trinajstić information content (AvgIpc) is 2.81. The molecule has 0 aliphatic rings. The molecule has 0 saturated heterocycles. The normalized spacial score (nSPS) is 13.2. The second-order valence-corrected chi connectivity index (χ2v) is 4.62. The molecule has 0 fully saturated rings. The summed E-state index contributed by atoms with van der Waals surface area (Å²) < 4.78 is 43.6. The van der Waals surface area contributed by atoms with Gasteiger partial charge < -0.3 is 14.4 Å². The number of nitrogens with zero attached hydrogens (tertiary/aromatic N) is 2. The molecule has 21 heavy (non-hydrogen) atoms. The van der Waals surface area contributed by atoms with Crippen LogP contribution in [0.15, 0.2) is 36.7 Å². The molecule has 114 valence electrons. The molecule has 0 bridgehead atoms. The lowest BCUT2D eigenvalue weighted by Gasteiger charge is -2.12. The van der Waals surface area contributed by atoms with Crippen molar-refractivity contribution >= 4 is 0 Å². The van der Waals surface area contributed by atoms with Crippen molar-refractivity contribution in [3.05, 3.63) is 48.0 Å². The summed E-state index contributed by atoms with van der Waals surface area (Å²) in [6, 6.07) is 6.76. The summed E-state index contributed by atoms with van der Waals surface area (Å²) in [7, 11) is 0. The van der Waals surface area contributed by atoms with Crippen LogP contribution in [0, 0.1) is 0 Å². The molecular weight excluding hydrogens is 285 g/mol. The second kappa shape index (κ2) is 6.17. The Hall–Kier alpha value is -2.02. The zero-order valence-electron chi connectivity index (χ0n) is 11.3. The van der Waals surface area contributed by atoms with Gasteiger partial charge in [-0.3, -0.25) is 0 Å². The summed E-state index contributed by atoms with van der Waals surface area (Å²) in [6.07, 6.45) is -2.38. The first-order chi connectivity index (χ1) is 9.85. The van der Waals surface area contributed by atoms with Gasteiger partial charge in [-0.15, -0.1) is 0 Å². The Labute approximate surface area is 119 Å². The maximum absolute atomic E-state index is 12.4. The van der Waals surface area contributed by atoms with Gasteiger partial charge in [0.2, 0.25) is 0 Å². The molecule has 2 aromatic rings. The Balaban J connectivity index is 2.04. The van der Waals surface area contributed by atoms with E-state index in [-0.39, 0.29) is 12.4 Å². The van der Waals surface area contributed by atoms with Gasteiger partial charge in [0.15, 0.2) is 0 Å². The first-order valence-corrected chi connectivity index (χ1v) is 6.33. The lowest BCUT2D eigenvalue weighted by Crippen LogP contribution is -2.19. The fourth-order valence-electron chi connectivity index (χ4n) is 1.83. The van der Waals surface area contributed by atoms with Crippen LogP contribution in [-0.4, -0.2) is 20.8 Å². The predicted octanol–water partition coefficient (Wildman–Crippen LogP) is 3.08. The number of rotatable bonds is 5. The first-order valence-electron chi connectivity index (χ1n) is 6.33. The lowest BCUT2D eigenvalue weighted by molar-refractivity contribution is -0.141. The minimum absolute atomic E-state index is 0.0770. The SMILES string of the molecule is CC(O)c1cccc(OCc2nccn2CC(F)(F)F)c1. The number of aromatic nitrogens is 2. The zero-order valence-corrected chi connectivity index (χ0v) is 11.3. The van der Waals surface area contributed by atoms with Crippen LogP contribution in [0.3, 0.4) is 0 Å². The van der Waals surface area contributed by atoms with Crippen LogP contribution >= 0.6 is 0 Å². The zero-order chi connectivity index (χ0) is 15.5. The molecule has 1 N–H and O–H groups in total. The molecule has 1 heterocycles. The number of halogens is 3. The maximum atomic E-state index is 12.4. The van der Waals surface area contributed by atoms with Crippen LogP contribution in [0.4, 0.5) is 13.2 Å². The summed E-state index contributed by atoms with van der Waals surface area (Å²) in [6.45, 7) is 0.445. The molecule has 1 atom stereocenters. The third-order valence-corrected chi connectivity index (χ3v) is 2.86. The monoisotopic (exact) mass is 300 g/mol. The van der Waals surface area contributed by atoms with Gasteiger partial charge in [-0.05, 0) is 24.6 Å². The number of hydrogen-bond donors (Lipinski definition) is 1. The van der Waals surface area contributed by atoms with Gasteiger partial charge in [-0.25, -0.2) is 4.98 Å². The largest absolute Gasteiger partial charge is 0.486 e. The van der Waals surface area contributed by atoms with Gasteiger partial charge in [-0.1, -0.05) is 12.1 Å². The smallest absolute Gasteiger partial charge is 0.406 e. The standard InChI is InChI=1S/C14H15F3N2O2/c1-10(20)11-3-2-4-12(7-11)21-8-13-18-5-6-19(13)9-14(15,16)17/h2-7,10,20H,8-9H2,1H3. The fraction of sp³-hybridized carbons (Fsp3) is 0.357. The van der Waals surface area contributed by atoms with E-state index < -0.39 is 18.8 Å². The molecule has 4 nitrogen and oxygen atoms in total. The third kappa shape index (κ3) is 4.49. The van der Waals surface area contributed by atoms with Crippen molar-refractivity contribution in [2.24, 2.45) is 0 Å². The molecule has 0 saturated carbocycles. The molecule has 0 spiro atoms. The average molecular weight is 300 g/mol. The second-order valence-electron chi connectivity index (χ2n) is 4.62. The minimum Gasteiger partial charge on any atom is -0.486 e. The predicted molar refractivity (Wildman–Crippen MR) is 69.7 cm³/mol. The molecule has 7 heteroatoms. The topological polar surface area (TPSA) is 47.3 Å². The van der Waals surface area contributed by atoms with E-state index in [4.69, 9.17) is 4.74 Å². The number of imidazole rings is 1. The molecule has 1 aromatic heterocycles. The molecule has 0 aliphatic carbocycles. The van der Waals surface area contributed by atoms with Gasteiger partial charge in [-0.2, -0.15) is 13.2 Å². The van der Waals surface area contributed by atoms with E-state index in [0.717, 1.165) is 4.57 Å². The Kier molecular flexibility index (Phi) is 4.52. The van der Waals surface area contributed by atoms with Crippen LogP contribution in [0.5, 0.6) is 5.75 Å². The van der Waals surface area contributed by atoms with Gasteiger partial charge in [0, 0.05) is 12.4 Å². The molecule has 1 aromatic carbocycles.